The second-order valence-corrected chi connectivity index (χ2v) is 3.96. The van der Waals surface area contributed by atoms with E-state index in [-0.39, 0.29) is 36.6 Å². The molecule has 0 saturated carbocycles. The van der Waals surface area contributed by atoms with Gasteiger partial charge < -0.3 is 21.5 Å². The molecule has 0 unspecified atom stereocenters. The van der Waals surface area contributed by atoms with Gasteiger partial charge in [0.2, 0.25) is 0 Å². The molecule has 0 N–H and O–H groups in total. The SMILES string of the molecule is [2H]C([2H])([2H])C([2H])([2H])C([2H])([2H])C([2H])([2H])C([2H])([2H])C([2H])([2H])C([2H])([2H])C([2H])([2H])C([2H])([2H])C([2H])([2H])C([2H])([2H])C([2H])([2H])C([2H])([2H])C([2H])([2H])C([2H])([2H])C([2H])([2H])[N+](CC)(CC)CC.[Br-]. The highest BCUT2D eigenvalue weighted by Gasteiger charge is 2.19. The summed E-state index contributed by atoms with van der Waals surface area (Å²) in [6.45, 7) is -4.16. The van der Waals surface area contributed by atoms with Gasteiger partial charge in [-0.05, 0) is 33.5 Å². The summed E-state index contributed by atoms with van der Waals surface area (Å²) in [4.78, 5) is 0. The summed E-state index contributed by atoms with van der Waals surface area (Å²) in [7, 11) is 0. The number of hydrogen-bond acceptors (Lipinski definition) is 0. The van der Waals surface area contributed by atoms with Crippen molar-refractivity contribution in [1.29, 1.82) is 0 Å². The first kappa shape index (κ1) is 4.37. The molecule has 148 valence electrons. The third kappa shape index (κ3) is 14.8. The van der Waals surface area contributed by atoms with Gasteiger partial charge in [0.05, 0.1) is 28.9 Å². The lowest BCUT2D eigenvalue weighted by Gasteiger charge is -2.35. The Kier molecular flexibility index (Phi) is 3.60. The summed E-state index contributed by atoms with van der Waals surface area (Å²) in [5, 5.41) is 0. The van der Waals surface area contributed by atoms with E-state index in [2.05, 4.69) is 0 Å². The molecule has 0 saturated heterocycles. The number of rotatable bonds is 18. The van der Waals surface area contributed by atoms with Gasteiger partial charge in [0.1, 0.15) is 0 Å². The molecule has 0 aliphatic carbocycles. The first-order chi connectivity index (χ1) is 23.7. The van der Waals surface area contributed by atoms with E-state index in [1.807, 2.05) is 0 Å². The van der Waals surface area contributed by atoms with Crippen LogP contribution < -0.4 is 17.0 Å². The molecule has 0 atom stereocenters. The van der Waals surface area contributed by atoms with Crippen molar-refractivity contribution in [3.63, 3.8) is 0 Å². The van der Waals surface area contributed by atoms with Crippen LogP contribution in [0.2, 0.25) is 0 Å². The Balaban J connectivity index is 0. The summed E-state index contributed by atoms with van der Waals surface area (Å²) in [6, 6.07) is 0. The smallest absolute Gasteiger partial charge is 0.0924 e. The first-order valence-electron chi connectivity index (χ1n) is 23.5. The van der Waals surface area contributed by atoms with Crippen molar-refractivity contribution in [2.45, 2.75) is 117 Å². The van der Waals surface area contributed by atoms with Gasteiger partial charge >= 0.3 is 0 Å². The number of hydrogen-bond donors (Lipinski definition) is 0. The third-order valence-corrected chi connectivity index (χ3v) is 2.92. The van der Waals surface area contributed by atoms with E-state index in [9.17, 15) is 0 Å². The van der Waals surface area contributed by atoms with Crippen molar-refractivity contribution in [3.8, 4) is 0 Å². The summed E-state index contributed by atoms with van der Waals surface area (Å²) >= 11 is 0. The molecule has 1 nitrogen and oxygen atoms in total. The molecule has 24 heavy (non-hydrogen) atoms. The fourth-order valence-corrected chi connectivity index (χ4v) is 1.43. The maximum atomic E-state index is 8.61. The topological polar surface area (TPSA) is 0 Å². The zero-order valence-electron chi connectivity index (χ0n) is 46.9. The molecule has 2 heteroatoms. The molecule has 0 aromatic rings. The van der Waals surface area contributed by atoms with Gasteiger partial charge in [-0.25, -0.2) is 0 Å². The molecule has 0 rings (SSSR count). The van der Waals surface area contributed by atoms with Crippen LogP contribution in [-0.4, -0.2) is 30.6 Å². The number of nitrogens with zero attached hydrogens (tertiary/aromatic N) is 1. The Labute approximate surface area is 211 Å². The summed E-state index contributed by atoms with van der Waals surface area (Å²) in [6.07, 6.45) is -67.7. The quantitative estimate of drug-likeness (QED) is 0.279. The van der Waals surface area contributed by atoms with Gasteiger partial charge in [0.25, 0.3) is 0 Å². The van der Waals surface area contributed by atoms with Crippen LogP contribution in [0.4, 0.5) is 0 Å². The van der Waals surface area contributed by atoms with Crippen LogP contribution in [0.15, 0.2) is 0 Å². The van der Waals surface area contributed by atoms with E-state index in [0.717, 1.165) is 0 Å². The van der Waals surface area contributed by atoms with Gasteiger partial charge in [-0.1, -0.05) is 83.3 Å². The molecule has 0 aliphatic rings. The molecule has 0 fully saturated rings. The fourth-order valence-electron chi connectivity index (χ4n) is 1.43. The van der Waals surface area contributed by atoms with Crippen LogP contribution in [0.1, 0.15) is 162 Å². The summed E-state index contributed by atoms with van der Waals surface area (Å²) in [5.41, 5.74) is 0. The van der Waals surface area contributed by atoms with E-state index in [1.54, 1.807) is 0 Å². The van der Waals surface area contributed by atoms with Gasteiger partial charge in [0, 0.05) is 42.5 Å². The lowest BCUT2D eigenvalue weighted by atomic mass is 10.0. The predicted octanol–water partition coefficient (Wildman–Crippen LogP) is 4.35. The molecule has 0 heterocycles. The van der Waals surface area contributed by atoms with Crippen LogP contribution in [0, 0.1) is 0 Å². The Morgan fingerprint density at radius 1 is 0.583 bits per heavy atom. The van der Waals surface area contributed by atoms with E-state index in [1.165, 1.54) is 20.8 Å². The van der Waals surface area contributed by atoms with E-state index in [4.69, 9.17) is 45.2 Å². The van der Waals surface area contributed by atoms with E-state index in [0.29, 0.717) is 0 Å². The van der Waals surface area contributed by atoms with Crippen molar-refractivity contribution >= 4 is 0 Å². The Morgan fingerprint density at radius 3 is 1.25 bits per heavy atom. The first-order valence-corrected chi connectivity index (χ1v) is 7.04. The van der Waals surface area contributed by atoms with Crippen LogP contribution in [-0.2, 0) is 0 Å². The molecule has 0 bridgehead atoms. The number of halogens is 1. The molecule has 0 aliphatic heterocycles. The molecule has 0 radical (unpaired) electrons. The Hall–Kier alpha value is 0.440. The van der Waals surface area contributed by atoms with Crippen LogP contribution in [0.5, 0.6) is 0 Å². The lowest BCUT2D eigenvalue weighted by molar-refractivity contribution is -0.923. The minimum Gasteiger partial charge on any atom is -1.00 e. The summed E-state index contributed by atoms with van der Waals surface area (Å²) < 4.78 is 269. The van der Waals surface area contributed by atoms with Crippen LogP contribution in [0.3, 0.4) is 0 Å². The van der Waals surface area contributed by atoms with Crippen molar-refractivity contribution in [2.75, 3.05) is 26.1 Å². The second-order valence-electron chi connectivity index (χ2n) is 3.96. The maximum absolute atomic E-state index is 8.61. The molecular weight excluding hydrogens is 358 g/mol. The van der Waals surface area contributed by atoms with Crippen molar-refractivity contribution in [2.24, 2.45) is 0 Å². The van der Waals surface area contributed by atoms with Gasteiger partial charge in [0.15, 0.2) is 0 Å². The zero-order chi connectivity index (χ0) is 46.6. The Morgan fingerprint density at radius 2 is 0.917 bits per heavy atom. The predicted molar refractivity (Wildman–Crippen MR) is 107 cm³/mol. The minimum atomic E-state index is -5.12. The highest BCUT2D eigenvalue weighted by molar-refractivity contribution is 4.50. The lowest BCUT2D eigenvalue weighted by Crippen LogP contribution is -3.00. The highest BCUT2D eigenvalue weighted by atomic mass is 79.9. The molecule has 0 amide bonds. The average Bonchev–Trinajstić information content (AvgIpc) is 2.99. The van der Waals surface area contributed by atoms with Gasteiger partial charge in [-0.15, -0.1) is 0 Å². The van der Waals surface area contributed by atoms with Crippen molar-refractivity contribution in [1.82, 2.24) is 0 Å². The fraction of sp³-hybridized carbons (Fsp3) is 1.00. The molecule has 0 aromatic heterocycles. The third-order valence-electron chi connectivity index (χ3n) is 2.92. The highest BCUT2D eigenvalue weighted by Crippen LogP contribution is 2.14. The van der Waals surface area contributed by atoms with E-state index < -0.39 is 107 Å². The number of quaternary nitrogens is 1. The molecule has 0 aromatic carbocycles. The zero-order valence-corrected chi connectivity index (χ0v) is 15.5. The normalized spacial score (nSPS) is 41.4. The Bertz CT molecular complexity index is 1310. The van der Waals surface area contributed by atoms with Gasteiger partial charge in [-0.2, -0.15) is 0 Å². The summed E-state index contributed by atoms with van der Waals surface area (Å²) in [5.74, 6) is 0. The molecular formula is C22H48BrN. The van der Waals surface area contributed by atoms with Crippen LogP contribution >= 0.6 is 0 Å². The van der Waals surface area contributed by atoms with E-state index >= 15 is 0 Å². The second kappa shape index (κ2) is 19.8. The van der Waals surface area contributed by atoms with Crippen molar-refractivity contribution in [3.05, 3.63) is 0 Å². The van der Waals surface area contributed by atoms with Crippen LogP contribution in [0.25, 0.3) is 0 Å². The monoisotopic (exact) mass is 439 g/mol. The van der Waals surface area contributed by atoms with Crippen molar-refractivity contribution < 1.29 is 66.7 Å². The minimum absolute atomic E-state index is 0. The van der Waals surface area contributed by atoms with Gasteiger partial charge in [-0.3, -0.25) is 0 Å². The largest absolute Gasteiger partial charge is 1.00 e. The average molecular weight is 440 g/mol. The standard InChI is InChI=1S/C22H48N.BrH/c1-5-9-10-11-12-13-14-15-16-17-18-19-20-21-22-23(6-2,7-3)8-4;/h5-22H2,1-4H3;1H/q+1;/p-1/i1D3,5D2,9D2,10D2,11D2,12D2,13D2,14D2,15D2,16D2,17D2,18D2,19D2,20D2,21D2,22D2;. The molecule has 0 spiro atoms. The maximum Gasteiger partial charge on any atom is 0.0924 e.